The van der Waals surface area contributed by atoms with E-state index in [-0.39, 0.29) is 5.41 Å². The van der Waals surface area contributed by atoms with Gasteiger partial charge in [0.15, 0.2) is 0 Å². The molecule has 0 aliphatic rings. The van der Waals surface area contributed by atoms with Crippen LogP contribution >= 0.6 is 0 Å². The fraction of sp³-hybridized carbons (Fsp3) is 1.00. The lowest BCUT2D eigenvalue weighted by Gasteiger charge is -2.26. The largest absolute Gasteiger partial charge is 0.393 e. The first kappa shape index (κ1) is 8.88. The van der Waals surface area contributed by atoms with E-state index in [1.165, 1.54) is 0 Å². The molecule has 0 aliphatic heterocycles. The summed E-state index contributed by atoms with van der Waals surface area (Å²) in [5.74, 6) is 0. The van der Waals surface area contributed by atoms with Crippen LogP contribution in [0.3, 0.4) is 0 Å². The van der Waals surface area contributed by atoms with E-state index in [0.29, 0.717) is 6.54 Å². The van der Waals surface area contributed by atoms with Crippen LogP contribution in [0.15, 0.2) is 0 Å². The van der Waals surface area contributed by atoms with Crippen LogP contribution < -0.4 is 5.48 Å². The minimum atomic E-state index is -0.405. The van der Waals surface area contributed by atoms with E-state index in [9.17, 15) is 0 Å². The quantitative estimate of drug-likeness (QED) is 0.488. The van der Waals surface area contributed by atoms with Crippen molar-refractivity contribution in [1.29, 1.82) is 0 Å². The fourth-order valence-electron chi connectivity index (χ4n) is 0.351. The average molecular weight is 133 g/mol. The van der Waals surface area contributed by atoms with Crippen LogP contribution in [0.4, 0.5) is 0 Å². The molecule has 0 heterocycles. The summed E-state index contributed by atoms with van der Waals surface area (Å²) in [4.78, 5) is 0. The van der Waals surface area contributed by atoms with Gasteiger partial charge in [0.25, 0.3) is 0 Å². The first-order chi connectivity index (χ1) is 4.00. The Morgan fingerprint density at radius 2 is 2.00 bits per heavy atom. The summed E-state index contributed by atoms with van der Waals surface area (Å²) in [6.45, 7) is 5.86. The molecule has 3 nitrogen and oxygen atoms in total. The summed E-state index contributed by atoms with van der Waals surface area (Å²) in [7, 11) is 0. The normalized spacial score (nSPS) is 15.7. The lowest BCUT2D eigenvalue weighted by molar-refractivity contribution is 0.0310. The SMILES string of the molecule is CC(O)C(C)(C)CNO. The first-order valence-electron chi connectivity index (χ1n) is 3.05. The van der Waals surface area contributed by atoms with E-state index < -0.39 is 6.10 Å². The number of nitrogens with one attached hydrogen (secondary N) is 1. The molecule has 0 rings (SSSR count). The molecule has 0 saturated carbocycles. The van der Waals surface area contributed by atoms with Gasteiger partial charge in [-0.15, -0.1) is 0 Å². The molecule has 0 aromatic rings. The van der Waals surface area contributed by atoms with Crippen molar-refractivity contribution in [3.05, 3.63) is 0 Å². The molecule has 0 aromatic carbocycles. The van der Waals surface area contributed by atoms with Crippen LogP contribution in [0.5, 0.6) is 0 Å². The van der Waals surface area contributed by atoms with Gasteiger partial charge in [0.05, 0.1) is 6.10 Å². The van der Waals surface area contributed by atoms with E-state index in [1.807, 2.05) is 19.3 Å². The lowest BCUT2D eigenvalue weighted by atomic mass is 9.88. The Morgan fingerprint density at radius 1 is 1.56 bits per heavy atom. The molecule has 0 bridgehead atoms. The van der Waals surface area contributed by atoms with Crippen molar-refractivity contribution in [2.75, 3.05) is 6.54 Å². The fourth-order valence-corrected chi connectivity index (χ4v) is 0.351. The van der Waals surface area contributed by atoms with Gasteiger partial charge in [-0.05, 0) is 6.92 Å². The van der Waals surface area contributed by atoms with Crippen molar-refractivity contribution < 1.29 is 10.3 Å². The highest BCUT2D eigenvalue weighted by Gasteiger charge is 2.22. The second-order valence-corrected chi connectivity index (χ2v) is 3.00. The molecule has 3 N–H and O–H groups in total. The molecule has 0 radical (unpaired) electrons. The third-order valence-corrected chi connectivity index (χ3v) is 1.67. The second kappa shape index (κ2) is 3.15. The summed E-state index contributed by atoms with van der Waals surface area (Å²) in [6.07, 6.45) is -0.405. The Kier molecular flexibility index (Phi) is 3.11. The maximum Gasteiger partial charge on any atom is 0.0576 e. The molecule has 0 spiro atoms. The van der Waals surface area contributed by atoms with Gasteiger partial charge in [0.2, 0.25) is 0 Å². The van der Waals surface area contributed by atoms with Crippen LogP contribution in [-0.4, -0.2) is 23.0 Å². The first-order valence-corrected chi connectivity index (χ1v) is 3.05. The Hall–Kier alpha value is -0.120. The molecule has 56 valence electrons. The average Bonchev–Trinajstić information content (AvgIpc) is 1.65. The number of hydrogen-bond acceptors (Lipinski definition) is 3. The van der Waals surface area contributed by atoms with E-state index in [4.69, 9.17) is 10.3 Å². The third kappa shape index (κ3) is 2.79. The summed E-state index contributed by atoms with van der Waals surface area (Å²) in [6, 6.07) is 0. The molecule has 0 amide bonds. The highest BCUT2D eigenvalue weighted by atomic mass is 16.5. The maximum absolute atomic E-state index is 9.06. The van der Waals surface area contributed by atoms with E-state index in [1.54, 1.807) is 6.92 Å². The van der Waals surface area contributed by atoms with E-state index in [2.05, 4.69) is 0 Å². The van der Waals surface area contributed by atoms with E-state index >= 15 is 0 Å². The van der Waals surface area contributed by atoms with E-state index in [0.717, 1.165) is 0 Å². The standard InChI is InChI=1S/C6H15NO2/c1-5(8)6(2,3)4-7-9/h5,7-9H,4H2,1-3H3. The van der Waals surface area contributed by atoms with Crippen molar-refractivity contribution in [2.24, 2.45) is 5.41 Å². The third-order valence-electron chi connectivity index (χ3n) is 1.67. The number of aliphatic hydroxyl groups is 1. The molecular weight excluding hydrogens is 118 g/mol. The second-order valence-electron chi connectivity index (χ2n) is 3.00. The number of rotatable bonds is 3. The van der Waals surface area contributed by atoms with Crippen molar-refractivity contribution in [1.82, 2.24) is 5.48 Å². The Balaban J connectivity index is 3.70. The number of hydroxylamine groups is 1. The summed E-state index contributed by atoms with van der Waals surface area (Å²) >= 11 is 0. The molecule has 1 atom stereocenters. The van der Waals surface area contributed by atoms with Crippen molar-refractivity contribution >= 4 is 0 Å². The molecule has 0 aromatic heterocycles. The van der Waals surface area contributed by atoms with Gasteiger partial charge in [-0.3, -0.25) is 0 Å². The van der Waals surface area contributed by atoms with Gasteiger partial charge in [-0.2, -0.15) is 0 Å². The predicted octanol–water partition coefficient (Wildman–Crippen LogP) is 0.372. The minimum absolute atomic E-state index is 0.255. The molecule has 0 aliphatic carbocycles. The Bertz CT molecular complexity index is 81.1. The van der Waals surface area contributed by atoms with Crippen LogP contribution in [0.2, 0.25) is 0 Å². The van der Waals surface area contributed by atoms with Gasteiger partial charge in [0.1, 0.15) is 0 Å². The summed E-state index contributed by atoms with van der Waals surface area (Å²) < 4.78 is 0. The van der Waals surface area contributed by atoms with Crippen LogP contribution in [-0.2, 0) is 0 Å². The predicted molar refractivity (Wildman–Crippen MR) is 35.3 cm³/mol. The zero-order valence-electron chi connectivity index (χ0n) is 6.18. The van der Waals surface area contributed by atoms with Crippen LogP contribution in [0.25, 0.3) is 0 Å². The van der Waals surface area contributed by atoms with Gasteiger partial charge in [0, 0.05) is 12.0 Å². The smallest absolute Gasteiger partial charge is 0.0576 e. The van der Waals surface area contributed by atoms with Crippen molar-refractivity contribution in [3.8, 4) is 0 Å². The topological polar surface area (TPSA) is 52.5 Å². The Morgan fingerprint density at radius 3 is 2.11 bits per heavy atom. The Labute approximate surface area is 55.7 Å². The van der Waals surface area contributed by atoms with Gasteiger partial charge in [-0.1, -0.05) is 13.8 Å². The maximum atomic E-state index is 9.06. The van der Waals surface area contributed by atoms with Crippen LogP contribution in [0, 0.1) is 5.41 Å². The van der Waals surface area contributed by atoms with Crippen molar-refractivity contribution in [3.63, 3.8) is 0 Å². The summed E-state index contributed by atoms with van der Waals surface area (Å²) in [5, 5.41) is 17.3. The molecule has 1 unspecified atom stereocenters. The zero-order chi connectivity index (χ0) is 7.49. The monoisotopic (exact) mass is 133 g/mol. The molecular formula is C6H15NO2. The molecule has 3 heteroatoms. The van der Waals surface area contributed by atoms with Crippen molar-refractivity contribution in [2.45, 2.75) is 26.9 Å². The molecule has 0 fully saturated rings. The highest BCUT2D eigenvalue weighted by molar-refractivity contribution is 4.74. The number of hydrogen-bond donors (Lipinski definition) is 3. The molecule has 9 heavy (non-hydrogen) atoms. The zero-order valence-corrected chi connectivity index (χ0v) is 6.18. The number of aliphatic hydroxyl groups excluding tert-OH is 1. The minimum Gasteiger partial charge on any atom is -0.393 e. The van der Waals surface area contributed by atoms with Crippen LogP contribution in [0.1, 0.15) is 20.8 Å². The lowest BCUT2D eigenvalue weighted by Crippen LogP contribution is -2.36. The van der Waals surface area contributed by atoms with Gasteiger partial charge < -0.3 is 10.3 Å². The van der Waals surface area contributed by atoms with Gasteiger partial charge >= 0.3 is 0 Å². The summed E-state index contributed by atoms with van der Waals surface area (Å²) in [5.41, 5.74) is 1.77. The van der Waals surface area contributed by atoms with Gasteiger partial charge in [-0.25, -0.2) is 5.48 Å². The molecule has 0 saturated heterocycles. The highest BCUT2D eigenvalue weighted by Crippen LogP contribution is 2.17.